The topological polar surface area (TPSA) is 67.2 Å². The summed E-state index contributed by atoms with van der Waals surface area (Å²) in [6.07, 6.45) is 3.92. The molecular formula is C19H23BrN4O2. The molecule has 0 aliphatic heterocycles. The predicted octanol–water partition coefficient (Wildman–Crippen LogP) is 3.26. The largest absolute Gasteiger partial charge is 0.349 e. The summed E-state index contributed by atoms with van der Waals surface area (Å²) in [6.45, 7) is 0.653. The molecule has 1 heterocycles. The van der Waals surface area contributed by atoms with E-state index in [0.29, 0.717) is 24.7 Å². The first-order chi connectivity index (χ1) is 12.4. The molecule has 1 N–H and O–H groups in total. The number of hydrogen-bond acceptors (Lipinski definition) is 3. The van der Waals surface area contributed by atoms with Crippen molar-refractivity contribution >= 4 is 33.6 Å². The van der Waals surface area contributed by atoms with Gasteiger partial charge in [-0.1, -0.05) is 28.1 Å². The summed E-state index contributed by atoms with van der Waals surface area (Å²) in [6, 6.07) is 9.93. The third kappa shape index (κ3) is 4.72. The van der Waals surface area contributed by atoms with Crippen LogP contribution in [0.1, 0.15) is 30.7 Å². The molecule has 0 unspecified atom stereocenters. The van der Waals surface area contributed by atoms with Crippen molar-refractivity contribution in [3.05, 3.63) is 46.6 Å². The van der Waals surface area contributed by atoms with E-state index in [1.54, 1.807) is 29.7 Å². The van der Waals surface area contributed by atoms with Gasteiger partial charge in [-0.2, -0.15) is 5.10 Å². The molecule has 2 atom stereocenters. The van der Waals surface area contributed by atoms with E-state index >= 15 is 0 Å². The highest BCUT2D eigenvalue weighted by Gasteiger charge is 2.44. The zero-order chi connectivity index (χ0) is 18.7. The molecule has 0 saturated heterocycles. The van der Waals surface area contributed by atoms with Crippen molar-refractivity contribution in [1.29, 1.82) is 0 Å². The van der Waals surface area contributed by atoms with Gasteiger partial charge < -0.3 is 10.2 Å². The van der Waals surface area contributed by atoms with Crippen LogP contribution in [0.4, 0.5) is 5.82 Å². The Morgan fingerprint density at radius 2 is 2.00 bits per heavy atom. The normalized spacial score (nSPS) is 18.4. The van der Waals surface area contributed by atoms with E-state index in [2.05, 4.69) is 38.5 Å². The Balaban J connectivity index is 1.46. The lowest BCUT2D eigenvalue weighted by Gasteiger charge is -2.09. The molecule has 1 aromatic heterocycles. The summed E-state index contributed by atoms with van der Waals surface area (Å²) in [5, 5.41) is 7.26. The summed E-state index contributed by atoms with van der Waals surface area (Å²) in [4.78, 5) is 25.6. The molecule has 1 saturated carbocycles. The molecule has 7 heteroatoms. The van der Waals surface area contributed by atoms with Gasteiger partial charge in [0.15, 0.2) is 5.82 Å². The Hall–Kier alpha value is -2.15. The Morgan fingerprint density at radius 3 is 2.69 bits per heavy atom. The molecule has 26 heavy (non-hydrogen) atoms. The number of carbonyl (C=O) groups excluding carboxylic acids is 2. The minimum absolute atomic E-state index is 0.0130. The number of anilines is 1. The van der Waals surface area contributed by atoms with Crippen molar-refractivity contribution in [2.75, 3.05) is 19.4 Å². The number of aromatic nitrogens is 2. The standard InChI is InChI=1S/C19H23BrN4O2/c1-23(2)18(25)4-3-10-24-11-9-17(22-24)21-19(26)16-12-15(16)13-5-7-14(20)8-6-13/h5-9,11,15-16H,3-4,10,12H2,1-2H3,(H,21,22,26)/t15-,16+/m0/s1. The Kier molecular flexibility index (Phi) is 5.76. The number of carbonyl (C=O) groups is 2. The van der Waals surface area contributed by atoms with Crippen LogP contribution in [0, 0.1) is 5.92 Å². The van der Waals surface area contributed by atoms with Gasteiger partial charge in [0.2, 0.25) is 11.8 Å². The molecule has 1 fully saturated rings. The first kappa shape index (κ1) is 18.6. The number of benzene rings is 1. The summed E-state index contributed by atoms with van der Waals surface area (Å²) in [5.41, 5.74) is 1.20. The highest BCUT2D eigenvalue weighted by atomic mass is 79.9. The second kappa shape index (κ2) is 8.03. The maximum atomic E-state index is 12.4. The Bertz CT molecular complexity index is 785. The first-order valence-corrected chi connectivity index (χ1v) is 9.53. The molecule has 2 amide bonds. The fourth-order valence-corrected chi connectivity index (χ4v) is 3.22. The van der Waals surface area contributed by atoms with Crippen LogP contribution in [-0.2, 0) is 16.1 Å². The van der Waals surface area contributed by atoms with Crippen LogP contribution in [-0.4, -0.2) is 40.6 Å². The quantitative estimate of drug-likeness (QED) is 0.749. The molecule has 0 spiro atoms. The van der Waals surface area contributed by atoms with Crippen molar-refractivity contribution in [3.63, 3.8) is 0 Å². The summed E-state index contributed by atoms with van der Waals surface area (Å²) in [5.74, 6) is 1.00. The monoisotopic (exact) mass is 418 g/mol. The lowest BCUT2D eigenvalue weighted by molar-refractivity contribution is -0.128. The van der Waals surface area contributed by atoms with E-state index in [4.69, 9.17) is 0 Å². The van der Waals surface area contributed by atoms with Gasteiger partial charge in [0.1, 0.15) is 0 Å². The molecule has 1 aromatic carbocycles. The van der Waals surface area contributed by atoms with Gasteiger partial charge in [0.05, 0.1) is 0 Å². The van der Waals surface area contributed by atoms with E-state index < -0.39 is 0 Å². The average Bonchev–Trinajstić information content (AvgIpc) is 3.29. The van der Waals surface area contributed by atoms with Crippen LogP contribution < -0.4 is 5.32 Å². The molecule has 1 aliphatic carbocycles. The van der Waals surface area contributed by atoms with Crippen LogP contribution in [0.15, 0.2) is 41.0 Å². The highest BCUT2D eigenvalue weighted by molar-refractivity contribution is 9.10. The van der Waals surface area contributed by atoms with Crippen LogP contribution in [0.2, 0.25) is 0 Å². The van der Waals surface area contributed by atoms with Crippen LogP contribution in [0.25, 0.3) is 0 Å². The van der Waals surface area contributed by atoms with Crippen molar-refractivity contribution in [3.8, 4) is 0 Å². The van der Waals surface area contributed by atoms with Crippen LogP contribution in [0.3, 0.4) is 0 Å². The Morgan fingerprint density at radius 1 is 1.27 bits per heavy atom. The maximum Gasteiger partial charge on any atom is 0.229 e. The lowest BCUT2D eigenvalue weighted by atomic mass is 10.1. The number of hydrogen-bond donors (Lipinski definition) is 1. The first-order valence-electron chi connectivity index (χ1n) is 8.74. The van der Waals surface area contributed by atoms with Gasteiger partial charge in [-0.05, 0) is 36.5 Å². The second-order valence-corrected chi connectivity index (χ2v) is 7.76. The molecule has 1 aliphatic rings. The van der Waals surface area contributed by atoms with Gasteiger partial charge in [-0.15, -0.1) is 0 Å². The van der Waals surface area contributed by atoms with Crippen molar-refractivity contribution in [2.24, 2.45) is 5.92 Å². The minimum atomic E-state index is 0.0130. The van der Waals surface area contributed by atoms with Crippen molar-refractivity contribution in [1.82, 2.24) is 14.7 Å². The van der Waals surface area contributed by atoms with Crippen LogP contribution in [0.5, 0.6) is 0 Å². The summed E-state index contributed by atoms with van der Waals surface area (Å²) >= 11 is 3.43. The molecule has 0 radical (unpaired) electrons. The average molecular weight is 419 g/mol. The van der Waals surface area contributed by atoms with Gasteiger partial charge >= 0.3 is 0 Å². The SMILES string of the molecule is CN(C)C(=O)CCCn1ccc(NC(=O)[C@@H]2C[C@H]2c2ccc(Br)cc2)n1. The fraction of sp³-hybridized carbons (Fsp3) is 0.421. The van der Waals surface area contributed by atoms with Gasteiger partial charge in [0, 0.05) is 49.7 Å². The maximum absolute atomic E-state index is 12.4. The third-order valence-corrected chi connectivity index (χ3v) is 5.12. The molecule has 138 valence electrons. The Labute approximate surface area is 161 Å². The van der Waals surface area contributed by atoms with Crippen molar-refractivity contribution < 1.29 is 9.59 Å². The number of amides is 2. The summed E-state index contributed by atoms with van der Waals surface area (Å²) < 4.78 is 2.80. The van der Waals surface area contributed by atoms with E-state index in [1.165, 1.54) is 5.56 Å². The molecule has 3 rings (SSSR count). The summed E-state index contributed by atoms with van der Waals surface area (Å²) in [7, 11) is 3.51. The lowest BCUT2D eigenvalue weighted by Crippen LogP contribution is -2.21. The van der Waals surface area contributed by atoms with E-state index in [-0.39, 0.29) is 17.7 Å². The fourth-order valence-electron chi connectivity index (χ4n) is 2.95. The molecule has 0 bridgehead atoms. The van der Waals surface area contributed by atoms with E-state index in [9.17, 15) is 9.59 Å². The predicted molar refractivity (Wildman–Crippen MR) is 104 cm³/mol. The number of nitrogens with one attached hydrogen (secondary N) is 1. The van der Waals surface area contributed by atoms with Crippen molar-refractivity contribution in [2.45, 2.75) is 31.7 Å². The number of halogens is 1. The molecule has 6 nitrogen and oxygen atoms in total. The molecule has 2 aromatic rings. The minimum Gasteiger partial charge on any atom is -0.349 e. The number of aryl methyl sites for hydroxylation is 1. The van der Waals surface area contributed by atoms with E-state index in [1.807, 2.05) is 18.3 Å². The van der Waals surface area contributed by atoms with Gasteiger partial charge in [-0.25, -0.2) is 0 Å². The van der Waals surface area contributed by atoms with Gasteiger partial charge in [-0.3, -0.25) is 14.3 Å². The van der Waals surface area contributed by atoms with Gasteiger partial charge in [0.25, 0.3) is 0 Å². The zero-order valence-electron chi connectivity index (χ0n) is 15.0. The highest BCUT2D eigenvalue weighted by Crippen LogP contribution is 2.48. The van der Waals surface area contributed by atoms with Crippen LogP contribution >= 0.6 is 15.9 Å². The number of nitrogens with zero attached hydrogens (tertiary/aromatic N) is 3. The van der Waals surface area contributed by atoms with E-state index in [0.717, 1.165) is 17.3 Å². The third-order valence-electron chi connectivity index (χ3n) is 4.59. The smallest absolute Gasteiger partial charge is 0.229 e. The molecular weight excluding hydrogens is 396 g/mol. The second-order valence-electron chi connectivity index (χ2n) is 6.85. The number of rotatable bonds is 7. The zero-order valence-corrected chi connectivity index (χ0v) is 16.6.